The Hall–Kier alpha value is -3.38. The molecule has 4 aromatic rings. The third kappa shape index (κ3) is 4.66. The highest BCUT2D eigenvalue weighted by Crippen LogP contribution is 2.20. The summed E-state index contributed by atoms with van der Waals surface area (Å²) >= 11 is 0. The van der Waals surface area contributed by atoms with Crippen molar-refractivity contribution in [1.82, 2.24) is 0 Å². The maximum absolute atomic E-state index is 2.27. The lowest BCUT2D eigenvalue weighted by atomic mass is 10.0. The zero-order chi connectivity index (χ0) is 19.0. The summed E-state index contributed by atoms with van der Waals surface area (Å²) in [6, 6.07) is 38.8. The standard InChI is InChI=1S/C28H24/c1-3-11-25(12-4-1)27-19-15-23(16-20-27)9-7-8-10-24-17-21-28(22-18-24)26-13-5-2-6-14-26/h1-8,11-22H,9-10H2/b8-7+. The minimum Gasteiger partial charge on any atom is -0.0838 e. The average molecular weight is 361 g/mol. The second kappa shape index (κ2) is 9.01. The summed E-state index contributed by atoms with van der Waals surface area (Å²) in [5.41, 5.74) is 7.76. The van der Waals surface area contributed by atoms with E-state index in [4.69, 9.17) is 0 Å². The van der Waals surface area contributed by atoms with Crippen molar-refractivity contribution in [1.29, 1.82) is 0 Å². The van der Waals surface area contributed by atoms with Crippen LogP contribution in [-0.2, 0) is 12.8 Å². The van der Waals surface area contributed by atoms with Crippen LogP contribution >= 0.6 is 0 Å². The van der Waals surface area contributed by atoms with Gasteiger partial charge in [0.15, 0.2) is 0 Å². The van der Waals surface area contributed by atoms with Crippen molar-refractivity contribution in [2.45, 2.75) is 12.8 Å². The summed E-state index contributed by atoms with van der Waals surface area (Å²) in [6.07, 6.45) is 6.47. The van der Waals surface area contributed by atoms with Gasteiger partial charge in [0.25, 0.3) is 0 Å². The van der Waals surface area contributed by atoms with Gasteiger partial charge in [-0.3, -0.25) is 0 Å². The molecular formula is C28H24. The van der Waals surface area contributed by atoms with E-state index in [1.165, 1.54) is 33.4 Å². The number of allylic oxidation sites excluding steroid dienone is 2. The van der Waals surface area contributed by atoms with E-state index in [0.717, 1.165) is 12.8 Å². The summed E-state index contributed by atoms with van der Waals surface area (Å²) < 4.78 is 0. The summed E-state index contributed by atoms with van der Waals surface area (Å²) in [5, 5.41) is 0. The Bertz CT molecular complexity index is 922. The Kier molecular flexibility index (Phi) is 5.80. The van der Waals surface area contributed by atoms with E-state index >= 15 is 0 Å². The highest BCUT2D eigenvalue weighted by atomic mass is 14.0. The van der Waals surface area contributed by atoms with Crippen molar-refractivity contribution in [2.24, 2.45) is 0 Å². The highest BCUT2D eigenvalue weighted by molar-refractivity contribution is 5.64. The molecular weight excluding hydrogens is 336 g/mol. The molecule has 0 aromatic heterocycles. The molecule has 0 saturated carbocycles. The number of hydrogen-bond donors (Lipinski definition) is 0. The van der Waals surface area contributed by atoms with Crippen LogP contribution in [-0.4, -0.2) is 0 Å². The third-order valence-electron chi connectivity index (χ3n) is 5.00. The summed E-state index contributed by atoms with van der Waals surface area (Å²) in [4.78, 5) is 0. The van der Waals surface area contributed by atoms with E-state index in [1.807, 2.05) is 0 Å². The third-order valence-corrected chi connectivity index (χ3v) is 5.00. The van der Waals surface area contributed by atoms with Gasteiger partial charge in [-0.25, -0.2) is 0 Å². The molecule has 4 rings (SSSR count). The van der Waals surface area contributed by atoms with Gasteiger partial charge in [0.2, 0.25) is 0 Å². The molecule has 0 bridgehead atoms. The molecule has 4 aromatic carbocycles. The zero-order valence-electron chi connectivity index (χ0n) is 16.0. The Labute approximate surface area is 167 Å². The second-order valence-electron chi connectivity index (χ2n) is 7.01. The molecule has 0 spiro atoms. The van der Waals surface area contributed by atoms with Crippen molar-refractivity contribution >= 4 is 0 Å². The zero-order valence-corrected chi connectivity index (χ0v) is 16.0. The molecule has 0 saturated heterocycles. The lowest BCUT2D eigenvalue weighted by molar-refractivity contribution is 1.21. The second-order valence-corrected chi connectivity index (χ2v) is 7.01. The SMILES string of the molecule is C(=C\Cc1ccc(-c2ccccc2)cc1)/Cc1ccc(-c2ccccc2)cc1. The topological polar surface area (TPSA) is 0 Å². The van der Waals surface area contributed by atoms with Crippen LogP contribution in [0.4, 0.5) is 0 Å². The van der Waals surface area contributed by atoms with E-state index in [2.05, 4.69) is 121 Å². The van der Waals surface area contributed by atoms with Gasteiger partial charge in [0.1, 0.15) is 0 Å². The fourth-order valence-corrected chi connectivity index (χ4v) is 3.37. The predicted molar refractivity (Wildman–Crippen MR) is 120 cm³/mol. The van der Waals surface area contributed by atoms with Gasteiger partial charge < -0.3 is 0 Å². The van der Waals surface area contributed by atoms with Crippen LogP contribution in [0.15, 0.2) is 121 Å². The maximum Gasteiger partial charge on any atom is -0.00973 e. The molecule has 0 aliphatic rings. The van der Waals surface area contributed by atoms with Crippen molar-refractivity contribution < 1.29 is 0 Å². The van der Waals surface area contributed by atoms with Gasteiger partial charge in [0, 0.05) is 0 Å². The molecule has 0 heteroatoms. The molecule has 136 valence electrons. The smallest absolute Gasteiger partial charge is 0.00973 e. The van der Waals surface area contributed by atoms with Crippen LogP contribution in [0.5, 0.6) is 0 Å². The molecule has 0 aliphatic heterocycles. The van der Waals surface area contributed by atoms with Crippen LogP contribution in [0.1, 0.15) is 11.1 Å². The van der Waals surface area contributed by atoms with E-state index in [1.54, 1.807) is 0 Å². The van der Waals surface area contributed by atoms with E-state index in [0.29, 0.717) is 0 Å². The summed E-state index contributed by atoms with van der Waals surface area (Å²) in [7, 11) is 0. The van der Waals surface area contributed by atoms with Crippen LogP contribution in [0, 0.1) is 0 Å². The molecule has 0 heterocycles. The number of hydrogen-bond acceptors (Lipinski definition) is 0. The van der Waals surface area contributed by atoms with E-state index < -0.39 is 0 Å². The van der Waals surface area contributed by atoms with E-state index in [-0.39, 0.29) is 0 Å². The molecule has 0 N–H and O–H groups in total. The van der Waals surface area contributed by atoms with Gasteiger partial charge in [-0.1, -0.05) is 121 Å². The van der Waals surface area contributed by atoms with Gasteiger partial charge >= 0.3 is 0 Å². The highest BCUT2D eigenvalue weighted by Gasteiger charge is 1.98. The lowest BCUT2D eigenvalue weighted by Gasteiger charge is -2.04. The van der Waals surface area contributed by atoms with Crippen molar-refractivity contribution in [2.75, 3.05) is 0 Å². The first-order valence-corrected chi connectivity index (χ1v) is 9.82. The fraction of sp³-hybridized carbons (Fsp3) is 0.0714. The van der Waals surface area contributed by atoms with Crippen LogP contribution in [0.25, 0.3) is 22.3 Å². The first-order chi connectivity index (χ1) is 13.9. The monoisotopic (exact) mass is 360 g/mol. The Morgan fingerprint density at radius 3 is 1.04 bits per heavy atom. The summed E-state index contributed by atoms with van der Waals surface area (Å²) in [5.74, 6) is 0. The molecule has 0 unspecified atom stereocenters. The number of benzene rings is 4. The molecule has 28 heavy (non-hydrogen) atoms. The first kappa shape index (κ1) is 18.0. The molecule has 0 aliphatic carbocycles. The van der Waals surface area contributed by atoms with Crippen LogP contribution < -0.4 is 0 Å². The Morgan fingerprint density at radius 2 is 0.679 bits per heavy atom. The van der Waals surface area contributed by atoms with Crippen molar-refractivity contribution in [3.05, 3.63) is 132 Å². The normalized spacial score (nSPS) is 11.0. The molecule has 0 fully saturated rings. The minimum absolute atomic E-state index is 0.969. The minimum atomic E-state index is 0.969. The molecule has 0 nitrogen and oxygen atoms in total. The predicted octanol–water partition coefficient (Wildman–Crippen LogP) is 7.36. The first-order valence-electron chi connectivity index (χ1n) is 9.82. The molecule has 0 atom stereocenters. The molecule has 0 radical (unpaired) electrons. The van der Waals surface area contributed by atoms with Crippen molar-refractivity contribution in [3.63, 3.8) is 0 Å². The maximum atomic E-state index is 2.27. The Morgan fingerprint density at radius 1 is 0.357 bits per heavy atom. The lowest BCUT2D eigenvalue weighted by Crippen LogP contribution is -1.85. The van der Waals surface area contributed by atoms with Crippen molar-refractivity contribution in [3.8, 4) is 22.3 Å². The summed E-state index contributed by atoms with van der Waals surface area (Å²) in [6.45, 7) is 0. The van der Waals surface area contributed by atoms with Crippen LogP contribution in [0.3, 0.4) is 0 Å². The van der Waals surface area contributed by atoms with Crippen LogP contribution in [0.2, 0.25) is 0 Å². The molecule has 0 amide bonds. The van der Waals surface area contributed by atoms with Gasteiger partial charge in [-0.2, -0.15) is 0 Å². The van der Waals surface area contributed by atoms with Gasteiger partial charge in [-0.05, 0) is 46.2 Å². The van der Waals surface area contributed by atoms with Gasteiger partial charge in [-0.15, -0.1) is 0 Å². The van der Waals surface area contributed by atoms with E-state index in [9.17, 15) is 0 Å². The number of rotatable bonds is 6. The fourth-order valence-electron chi connectivity index (χ4n) is 3.37. The largest absolute Gasteiger partial charge is 0.0838 e. The average Bonchev–Trinajstić information content (AvgIpc) is 2.79. The Balaban J connectivity index is 1.32. The quantitative estimate of drug-likeness (QED) is 0.315. The van der Waals surface area contributed by atoms with Gasteiger partial charge in [0.05, 0.1) is 0 Å².